The topological polar surface area (TPSA) is 211 Å². The lowest BCUT2D eigenvalue weighted by Gasteiger charge is -2.30. The van der Waals surface area contributed by atoms with Gasteiger partial charge in [0.15, 0.2) is 35.7 Å². The normalized spacial score (nSPS) is 14.6. The number of piperidine rings is 1. The molecule has 3 aromatic rings. The highest BCUT2D eigenvalue weighted by Crippen LogP contribution is 2.18. The van der Waals surface area contributed by atoms with Crippen LogP contribution in [0.25, 0.3) is 0 Å². The number of nitrogens with two attached hydrogens (primary N) is 2. The summed E-state index contributed by atoms with van der Waals surface area (Å²) >= 11 is 10.5. The Hall–Kier alpha value is -4.41. The van der Waals surface area contributed by atoms with E-state index in [1.54, 1.807) is 14.1 Å². The number of ether oxygens (including phenoxy) is 2. The Morgan fingerprint density at radius 2 is 1.38 bits per heavy atom. The van der Waals surface area contributed by atoms with Gasteiger partial charge in [-0.05, 0) is 61.1 Å². The standard InChI is InChI=1S/C24H34ClN7O4.C14H21NO3.CH3Cl/c1-31(12-13-33)19(34)15-36-18-8-6-16(7-9-18)4-2-10-32-11-3-5-17(14-32)28-24(35)20-22(26)30-23(27)21(25)29-20;1-3-4-12-5-7-13(8-6-12)18-11-14(17)15(2)9-10-16;1-2/h6-9,17,33H,2-5,10-15H2,1H3,(H,28,35)(H4,26,27,30);5-8,16H,3-4,9-11H2,1-2H3;1H3/p+1. The summed E-state index contributed by atoms with van der Waals surface area (Å²) in [6, 6.07) is 15.6. The first-order valence-electron chi connectivity index (χ1n) is 18.7. The Morgan fingerprint density at radius 3 is 1.88 bits per heavy atom. The van der Waals surface area contributed by atoms with Gasteiger partial charge in [-0.1, -0.05) is 49.2 Å². The molecule has 1 aliphatic heterocycles. The van der Waals surface area contributed by atoms with Crippen molar-refractivity contribution in [2.24, 2.45) is 0 Å². The lowest BCUT2D eigenvalue weighted by molar-refractivity contribution is -0.906. The van der Waals surface area contributed by atoms with Crippen LogP contribution in [-0.4, -0.2) is 133 Å². The van der Waals surface area contributed by atoms with E-state index in [1.807, 2.05) is 48.5 Å². The molecule has 17 heteroatoms. The minimum atomic E-state index is -0.391. The maximum absolute atomic E-state index is 12.6. The molecule has 0 bridgehead atoms. The number of carbonyl (C=O) groups excluding carboxylic acids is 3. The fourth-order valence-corrected chi connectivity index (χ4v) is 5.89. The molecule has 15 nitrogen and oxygen atoms in total. The molecule has 0 aliphatic carbocycles. The molecule has 8 N–H and O–H groups in total. The van der Waals surface area contributed by atoms with Crippen molar-refractivity contribution in [3.63, 3.8) is 0 Å². The number of nitrogens with one attached hydrogen (secondary N) is 2. The van der Waals surface area contributed by atoms with Crippen molar-refractivity contribution >= 4 is 52.6 Å². The molecule has 2 aromatic carbocycles. The average molecular weight is 823 g/mol. The number of alkyl halides is 1. The van der Waals surface area contributed by atoms with Crippen LogP contribution in [0.2, 0.25) is 5.15 Å². The Kier molecular flexibility index (Phi) is 22.5. The highest BCUT2D eigenvalue weighted by molar-refractivity contribution is 6.31. The van der Waals surface area contributed by atoms with Crippen LogP contribution >= 0.6 is 23.2 Å². The smallest absolute Gasteiger partial charge is 0.274 e. The van der Waals surface area contributed by atoms with E-state index < -0.39 is 5.91 Å². The van der Waals surface area contributed by atoms with E-state index in [2.05, 4.69) is 33.8 Å². The van der Waals surface area contributed by atoms with E-state index in [9.17, 15) is 14.4 Å². The number of nitrogens with zero attached hydrogens (tertiary/aromatic N) is 4. The molecule has 2 heterocycles. The average Bonchev–Trinajstić information content (AvgIpc) is 3.20. The SMILES string of the molecule is CCCc1ccc(OCC(=O)N(C)CCO)cc1.CCl.CN(CCO)C(=O)COc1ccc(CCC[NH+]2CCCC(NC(=O)c3nc(Cl)c(N)nc3N)C2)cc1. The third kappa shape index (κ3) is 17.2. The molecule has 1 fully saturated rings. The lowest BCUT2D eigenvalue weighted by Crippen LogP contribution is -3.14. The molecule has 4 rings (SSSR count). The first-order valence-corrected chi connectivity index (χ1v) is 19.8. The molecule has 2 unspecified atom stereocenters. The van der Waals surface area contributed by atoms with Crippen LogP contribution in [0.4, 0.5) is 11.6 Å². The first kappa shape index (κ1) is 47.7. The number of amides is 3. The van der Waals surface area contributed by atoms with Crippen LogP contribution in [0.1, 0.15) is 54.2 Å². The van der Waals surface area contributed by atoms with Crippen LogP contribution in [-0.2, 0) is 22.4 Å². The third-order valence-corrected chi connectivity index (χ3v) is 9.18. The number of hydrogen-bond donors (Lipinski definition) is 6. The summed E-state index contributed by atoms with van der Waals surface area (Å²) in [5, 5.41) is 20.6. The lowest BCUT2D eigenvalue weighted by atomic mass is 10.0. The molecule has 1 aromatic heterocycles. The summed E-state index contributed by atoms with van der Waals surface area (Å²) in [5.41, 5.74) is 13.8. The Labute approximate surface area is 340 Å². The maximum Gasteiger partial charge on any atom is 0.274 e. The number of aromatic nitrogens is 2. The summed E-state index contributed by atoms with van der Waals surface area (Å²) in [6.45, 7) is 5.47. The Morgan fingerprint density at radius 1 is 0.857 bits per heavy atom. The second-order valence-corrected chi connectivity index (χ2v) is 13.6. The van der Waals surface area contributed by atoms with Crippen LogP contribution in [0.3, 0.4) is 0 Å². The number of nitrogen functional groups attached to an aromatic ring is 2. The molecule has 3 amide bonds. The molecule has 1 aliphatic rings. The van der Waals surface area contributed by atoms with E-state index in [4.69, 9.17) is 42.8 Å². The number of rotatable bonds is 18. The van der Waals surface area contributed by atoms with Gasteiger partial charge in [0.05, 0.1) is 38.9 Å². The summed E-state index contributed by atoms with van der Waals surface area (Å²) in [6.07, 6.45) is 7.48. The number of aryl methyl sites for hydroxylation is 2. The van der Waals surface area contributed by atoms with E-state index in [1.165, 1.54) is 32.2 Å². The molecular weight excluding hydrogens is 763 g/mol. The van der Waals surface area contributed by atoms with Gasteiger partial charge in [0.1, 0.15) is 11.5 Å². The summed E-state index contributed by atoms with van der Waals surface area (Å²) < 4.78 is 10.9. The van der Waals surface area contributed by atoms with Gasteiger partial charge in [-0.15, -0.1) is 11.6 Å². The van der Waals surface area contributed by atoms with Crippen molar-refractivity contribution in [3.8, 4) is 11.5 Å². The number of likely N-dealkylation sites (N-methyl/N-ethyl adjacent to an activating group) is 2. The fourth-order valence-electron chi connectivity index (χ4n) is 5.76. The zero-order valence-electron chi connectivity index (χ0n) is 32.9. The van der Waals surface area contributed by atoms with Crippen LogP contribution in [0.15, 0.2) is 48.5 Å². The number of benzene rings is 2. The van der Waals surface area contributed by atoms with E-state index in [-0.39, 0.29) is 73.3 Å². The van der Waals surface area contributed by atoms with Gasteiger partial charge in [0, 0.05) is 40.0 Å². The minimum absolute atomic E-state index is 0.00153. The molecule has 2 atom stereocenters. The molecule has 0 spiro atoms. The van der Waals surface area contributed by atoms with Crippen LogP contribution in [0.5, 0.6) is 11.5 Å². The van der Waals surface area contributed by atoms with Crippen LogP contribution in [0, 0.1) is 0 Å². The molecule has 1 saturated heterocycles. The quantitative estimate of drug-likeness (QED) is 0.102. The maximum atomic E-state index is 12.6. The number of halogens is 2. The van der Waals surface area contributed by atoms with Gasteiger partial charge < -0.3 is 51.2 Å². The fraction of sp³-hybridized carbons (Fsp3) is 0.513. The van der Waals surface area contributed by atoms with Gasteiger partial charge in [0.2, 0.25) is 0 Å². The molecule has 56 heavy (non-hydrogen) atoms. The predicted octanol–water partition coefficient (Wildman–Crippen LogP) is 1.86. The van der Waals surface area contributed by atoms with Gasteiger partial charge in [-0.3, -0.25) is 14.4 Å². The van der Waals surface area contributed by atoms with Crippen molar-refractivity contribution in [2.75, 3.05) is 91.1 Å². The number of carbonyl (C=O) groups is 3. The van der Waals surface area contributed by atoms with Crippen molar-refractivity contribution in [1.82, 2.24) is 25.1 Å². The number of hydrogen-bond acceptors (Lipinski definition) is 11. The Balaban J connectivity index is 0.000000455. The molecule has 0 radical (unpaired) electrons. The number of aliphatic hydroxyl groups is 2. The highest BCUT2D eigenvalue weighted by atomic mass is 35.5. The van der Waals surface area contributed by atoms with Gasteiger partial charge >= 0.3 is 0 Å². The van der Waals surface area contributed by atoms with E-state index in [0.717, 1.165) is 58.2 Å². The number of aliphatic hydroxyl groups excluding tert-OH is 2. The monoisotopic (exact) mass is 821 g/mol. The first-order chi connectivity index (χ1) is 26.9. The molecule has 310 valence electrons. The van der Waals surface area contributed by atoms with E-state index >= 15 is 0 Å². The number of quaternary nitrogens is 1. The van der Waals surface area contributed by atoms with Gasteiger partial charge in [-0.2, -0.15) is 0 Å². The van der Waals surface area contributed by atoms with Gasteiger partial charge in [-0.25, -0.2) is 9.97 Å². The summed E-state index contributed by atoms with van der Waals surface area (Å²) in [4.78, 5) is 48.3. The summed E-state index contributed by atoms with van der Waals surface area (Å²) in [7, 11) is 3.28. The van der Waals surface area contributed by atoms with Crippen molar-refractivity contribution < 1.29 is 39.0 Å². The predicted molar refractivity (Wildman–Crippen MR) is 219 cm³/mol. The number of anilines is 2. The number of likely N-dealkylation sites (tertiary alicyclic amines) is 1. The third-order valence-electron chi connectivity index (χ3n) is 8.90. The second-order valence-electron chi connectivity index (χ2n) is 13.2. The van der Waals surface area contributed by atoms with Crippen molar-refractivity contribution in [1.29, 1.82) is 0 Å². The largest absolute Gasteiger partial charge is 0.484 e. The van der Waals surface area contributed by atoms with Crippen molar-refractivity contribution in [2.45, 2.75) is 51.5 Å². The van der Waals surface area contributed by atoms with E-state index in [0.29, 0.717) is 18.0 Å². The highest BCUT2D eigenvalue weighted by Gasteiger charge is 2.26. The van der Waals surface area contributed by atoms with Crippen LogP contribution < -0.4 is 31.2 Å². The van der Waals surface area contributed by atoms with Crippen molar-refractivity contribution in [3.05, 3.63) is 70.5 Å². The molecular formula is C39H59Cl2N8O7+. The zero-order chi connectivity index (χ0) is 41.5. The zero-order valence-corrected chi connectivity index (χ0v) is 34.4. The Bertz CT molecular complexity index is 1620. The second kappa shape index (κ2) is 26.4. The van der Waals surface area contributed by atoms with Gasteiger partial charge in [0.25, 0.3) is 17.7 Å². The summed E-state index contributed by atoms with van der Waals surface area (Å²) in [5.74, 6) is 0.586. The minimum Gasteiger partial charge on any atom is -0.484 e. The molecule has 0 saturated carbocycles.